The van der Waals surface area contributed by atoms with Gasteiger partial charge in [-0.25, -0.2) is 9.48 Å². The molecule has 0 aliphatic heterocycles. The Morgan fingerprint density at radius 1 is 1.29 bits per heavy atom. The summed E-state index contributed by atoms with van der Waals surface area (Å²) in [4.78, 5) is 11.4. The molecule has 0 radical (unpaired) electrons. The zero-order valence-electron chi connectivity index (χ0n) is 11.1. The normalized spacial score (nSPS) is 10.7. The fourth-order valence-electron chi connectivity index (χ4n) is 2.14. The van der Waals surface area contributed by atoms with E-state index in [2.05, 4.69) is 5.10 Å². The van der Waals surface area contributed by atoms with Gasteiger partial charge in [-0.2, -0.15) is 5.10 Å². The molecule has 0 fully saturated rings. The van der Waals surface area contributed by atoms with Gasteiger partial charge in [0, 0.05) is 6.07 Å². The summed E-state index contributed by atoms with van der Waals surface area (Å²) in [6.45, 7) is 1.77. The number of phenols is 1. The molecule has 0 saturated heterocycles. The van der Waals surface area contributed by atoms with Gasteiger partial charge < -0.3 is 14.6 Å². The Hall–Kier alpha value is -3.02. The van der Waals surface area contributed by atoms with E-state index in [0.717, 1.165) is 0 Å². The predicted octanol–water partition coefficient (Wildman–Crippen LogP) is 2.84. The second-order valence-corrected chi connectivity index (χ2v) is 4.58. The number of carboxylic acid groups (broad SMARTS) is 1. The van der Waals surface area contributed by atoms with E-state index in [1.807, 2.05) is 0 Å². The molecule has 6 nitrogen and oxygen atoms in total. The molecule has 3 aromatic rings. The molecule has 0 aliphatic carbocycles. The average molecular weight is 284 g/mol. The number of hydrogen-bond donors (Lipinski definition) is 2. The molecule has 106 valence electrons. The largest absolute Gasteiger partial charge is 0.508 e. The second-order valence-electron chi connectivity index (χ2n) is 4.58. The lowest BCUT2D eigenvalue weighted by atomic mass is 10.2. The fraction of sp³-hybridized carbons (Fsp3) is 0.0667. The summed E-state index contributed by atoms with van der Waals surface area (Å²) in [6, 6.07) is 9.53. The van der Waals surface area contributed by atoms with Crippen molar-refractivity contribution in [2.75, 3.05) is 0 Å². The highest BCUT2D eigenvalue weighted by molar-refractivity contribution is 5.88. The molecule has 1 aromatic carbocycles. The van der Waals surface area contributed by atoms with Crippen LogP contribution in [0.3, 0.4) is 0 Å². The molecule has 2 N–H and O–H groups in total. The zero-order chi connectivity index (χ0) is 15.0. The third kappa shape index (κ3) is 2.27. The first kappa shape index (κ1) is 13.0. The number of furan rings is 1. The lowest BCUT2D eigenvalue weighted by Crippen LogP contribution is -2.09. The van der Waals surface area contributed by atoms with Crippen molar-refractivity contribution < 1.29 is 19.4 Å². The number of rotatable bonds is 3. The van der Waals surface area contributed by atoms with Crippen molar-refractivity contribution in [3.05, 3.63) is 53.9 Å². The monoisotopic (exact) mass is 284 g/mol. The van der Waals surface area contributed by atoms with Crippen LogP contribution in [-0.4, -0.2) is 26.0 Å². The van der Waals surface area contributed by atoms with Gasteiger partial charge in [-0.1, -0.05) is 0 Å². The first-order chi connectivity index (χ1) is 10.1. The van der Waals surface area contributed by atoms with Crippen molar-refractivity contribution in [3.63, 3.8) is 0 Å². The fourth-order valence-corrected chi connectivity index (χ4v) is 2.14. The molecular weight excluding hydrogens is 272 g/mol. The Labute approximate surface area is 119 Å². The van der Waals surface area contributed by atoms with Gasteiger partial charge in [0.1, 0.15) is 11.4 Å². The Bertz CT molecular complexity index is 803. The maximum Gasteiger partial charge on any atom is 0.354 e. The number of benzene rings is 1. The van der Waals surface area contributed by atoms with Gasteiger partial charge in [0.05, 0.1) is 12.0 Å². The van der Waals surface area contributed by atoms with Gasteiger partial charge in [-0.3, -0.25) is 0 Å². The standard InChI is InChI=1S/C15H12N2O4/c1-9-7-10(18)4-5-12(9)17-13(15(19)20)8-11(16-17)14-3-2-6-21-14/h2-8,18H,1H3,(H,19,20). The Kier molecular flexibility index (Phi) is 2.98. The van der Waals surface area contributed by atoms with Crippen LogP contribution in [0.15, 0.2) is 47.1 Å². The van der Waals surface area contributed by atoms with E-state index in [1.54, 1.807) is 31.2 Å². The third-order valence-electron chi connectivity index (χ3n) is 3.11. The van der Waals surface area contributed by atoms with Gasteiger partial charge in [0.2, 0.25) is 0 Å². The van der Waals surface area contributed by atoms with Crippen LogP contribution >= 0.6 is 0 Å². The van der Waals surface area contributed by atoms with Crippen LogP contribution in [0.25, 0.3) is 17.1 Å². The van der Waals surface area contributed by atoms with Crippen LogP contribution in [0.2, 0.25) is 0 Å². The molecule has 3 rings (SSSR count). The van der Waals surface area contributed by atoms with Crippen molar-refractivity contribution >= 4 is 5.97 Å². The molecule has 0 saturated carbocycles. The summed E-state index contributed by atoms with van der Waals surface area (Å²) >= 11 is 0. The molecule has 0 bridgehead atoms. The van der Waals surface area contributed by atoms with Crippen molar-refractivity contribution in [1.82, 2.24) is 9.78 Å². The van der Waals surface area contributed by atoms with Gasteiger partial charge >= 0.3 is 5.97 Å². The summed E-state index contributed by atoms with van der Waals surface area (Å²) < 4.78 is 6.57. The lowest BCUT2D eigenvalue weighted by molar-refractivity contribution is 0.0687. The number of hydrogen-bond acceptors (Lipinski definition) is 4. The minimum atomic E-state index is -1.09. The quantitative estimate of drug-likeness (QED) is 0.772. The van der Waals surface area contributed by atoms with Crippen molar-refractivity contribution in [2.45, 2.75) is 6.92 Å². The summed E-state index contributed by atoms with van der Waals surface area (Å²) in [6.07, 6.45) is 1.50. The highest BCUT2D eigenvalue weighted by Crippen LogP contribution is 2.25. The number of phenolic OH excluding ortho intramolecular Hbond substituents is 1. The molecule has 0 atom stereocenters. The predicted molar refractivity (Wildman–Crippen MR) is 74.6 cm³/mol. The van der Waals surface area contributed by atoms with Gasteiger partial charge in [0.15, 0.2) is 11.5 Å². The van der Waals surface area contributed by atoms with Crippen LogP contribution < -0.4 is 0 Å². The van der Waals surface area contributed by atoms with E-state index in [9.17, 15) is 15.0 Å². The number of aromatic carboxylic acids is 1. The number of nitrogens with zero attached hydrogens (tertiary/aromatic N) is 2. The summed E-state index contributed by atoms with van der Waals surface area (Å²) in [5.74, 6) is -0.480. The van der Waals surface area contributed by atoms with Crippen LogP contribution in [0, 0.1) is 6.92 Å². The summed E-state index contributed by atoms with van der Waals surface area (Å²) in [5.41, 5.74) is 1.76. The molecule has 21 heavy (non-hydrogen) atoms. The average Bonchev–Trinajstić information content (AvgIpc) is 3.07. The van der Waals surface area contributed by atoms with E-state index in [-0.39, 0.29) is 11.4 Å². The van der Waals surface area contributed by atoms with Crippen LogP contribution in [-0.2, 0) is 0 Å². The second kappa shape index (κ2) is 4.82. The minimum Gasteiger partial charge on any atom is -0.508 e. The zero-order valence-corrected chi connectivity index (χ0v) is 11.1. The van der Waals surface area contributed by atoms with Crippen molar-refractivity contribution in [2.24, 2.45) is 0 Å². The van der Waals surface area contributed by atoms with Gasteiger partial charge in [-0.05, 0) is 42.8 Å². The van der Waals surface area contributed by atoms with Crippen molar-refractivity contribution in [3.8, 4) is 22.9 Å². The number of aromatic hydroxyl groups is 1. The van der Waals surface area contributed by atoms with Gasteiger partial charge in [-0.15, -0.1) is 0 Å². The van der Waals surface area contributed by atoms with E-state index in [0.29, 0.717) is 22.7 Å². The Morgan fingerprint density at radius 3 is 2.71 bits per heavy atom. The Morgan fingerprint density at radius 2 is 2.10 bits per heavy atom. The molecule has 2 heterocycles. The van der Waals surface area contributed by atoms with E-state index >= 15 is 0 Å². The SMILES string of the molecule is Cc1cc(O)ccc1-n1nc(-c2ccco2)cc1C(=O)O. The third-order valence-corrected chi connectivity index (χ3v) is 3.11. The summed E-state index contributed by atoms with van der Waals surface area (Å²) in [7, 11) is 0. The first-order valence-corrected chi connectivity index (χ1v) is 6.23. The van der Waals surface area contributed by atoms with E-state index in [4.69, 9.17) is 4.42 Å². The van der Waals surface area contributed by atoms with Crippen molar-refractivity contribution in [1.29, 1.82) is 0 Å². The number of aromatic nitrogens is 2. The molecule has 0 aliphatic rings. The molecule has 0 spiro atoms. The van der Waals surface area contributed by atoms with Gasteiger partial charge in [0.25, 0.3) is 0 Å². The summed E-state index contributed by atoms with van der Waals surface area (Å²) in [5, 5.41) is 23.1. The Balaban J connectivity index is 2.19. The van der Waals surface area contributed by atoms with E-state index in [1.165, 1.54) is 23.1 Å². The maximum absolute atomic E-state index is 11.4. The maximum atomic E-state index is 11.4. The molecular formula is C15H12N2O4. The molecule has 2 aromatic heterocycles. The molecule has 6 heteroatoms. The van der Waals surface area contributed by atoms with Crippen LogP contribution in [0.5, 0.6) is 5.75 Å². The van der Waals surface area contributed by atoms with Crippen LogP contribution in [0.4, 0.5) is 0 Å². The smallest absolute Gasteiger partial charge is 0.354 e. The highest BCUT2D eigenvalue weighted by Gasteiger charge is 2.19. The number of carboxylic acids is 1. The highest BCUT2D eigenvalue weighted by atomic mass is 16.4. The topological polar surface area (TPSA) is 88.5 Å². The minimum absolute atomic E-state index is 0.0233. The lowest BCUT2D eigenvalue weighted by Gasteiger charge is -2.08. The number of carbonyl (C=O) groups is 1. The van der Waals surface area contributed by atoms with Crippen LogP contribution in [0.1, 0.15) is 16.1 Å². The molecule has 0 unspecified atom stereocenters. The molecule has 0 amide bonds. The first-order valence-electron chi connectivity index (χ1n) is 6.23. The number of aryl methyl sites for hydroxylation is 1. The van der Waals surface area contributed by atoms with E-state index < -0.39 is 5.97 Å².